The van der Waals surface area contributed by atoms with Gasteiger partial charge in [0, 0.05) is 0 Å². The van der Waals surface area contributed by atoms with Crippen LogP contribution in [0.3, 0.4) is 0 Å². The predicted octanol–water partition coefficient (Wildman–Crippen LogP) is 3.03. The van der Waals surface area contributed by atoms with Gasteiger partial charge in [0.1, 0.15) is 0 Å². The first-order valence-corrected chi connectivity index (χ1v) is 6.91. The average molecular weight is 292 g/mol. The molecule has 0 aliphatic heterocycles. The van der Waals surface area contributed by atoms with E-state index in [1.165, 1.54) is 0 Å². The third-order valence-electron chi connectivity index (χ3n) is 2.78. The SMILES string of the molecule is CCCCC(=NNC(=O)O)c1ccc(C(=O)OCC)cc1. The van der Waals surface area contributed by atoms with Crippen LogP contribution >= 0.6 is 0 Å². The van der Waals surface area contributed by atoms with E-state index < -0.39 is 6.09 Å². The van der Waals surface area contributed by atoms with Crippen molar-refractivity contribution in [2.24, 2.45) is 5.10 Å². The van der Waals surface area contributed by atoms with E-state index in [4.69, 9.17) is 9.84 Å². The third-order valence-corrected chi connectivity index (χ3v) is 2.78. The summed E-state index contributed by atoms with van der Waals surface area (Å²) >= 11 is 0. The van der Waals surface area contributed by atoms with Gasteiger partial charge in [-0.15, -0.1) is 0 Å². The molecule has 1 aromatic rings. The summed E-state index contributed by atoms with van der Waals surface area (Å²) in [5, 5.41) is 12.5. The lowest BCUT2D eigenvalue weighted by atomic mass is 10.0. The zero-order valence-corrected chi connectivity index (χ0v) is 12.3. The van der Waals surface area contributed by atoms with Crippen LogP contribution < -0.4 is 5.43 Å². The molecule has 114 valence electrons. The fraction of sp³-hybridized carbons (Fsp3) is 0.400. The second kappa shape index (κ2) is 8.73. The molecule has 0 unspecified atom stereocenters. The number of carbonyl (C=O) groups is 2. The summed E-state index contributed by atoms with van der Waals surface area (Å²) in [6.45, 7) is 4.12. The molecule has 0 fully saturated rings. The average Bonchev–Trinajstić information content (AvgIpc) is 2.47. The highest BCUT2D eigenvalue weighted by atomic mass is 16.5. The number of ether oxygens (including phenoxy) is 1. The number of rotatable bonds is 7. The molecule has 0 saturated heterocycles. The molecule has 0 spiro atoms. The van der Waals surface area contributed by atoms with Crippen LogP contribution in [-0.4, -0.2) is 29.5 Å². The summed E-state index contributed by atoms with van der Waals surface area (Å²) < 4.78 is 4.91. The smallest absolute Gasteiger partial charge is 0.425 e. The molecule has 6 nitrogen and oxygen atoms in total. The van der Waals surface area contributed by atoms with Gasteiger partial charge in [-0.3, -0.25) is 0 Å². The minimum Gasteiger partial charge on any atom is -0.464 e. The molecule has 0 aliphatic carbocycles. The highest BCUT2D eigenvalue weighted by Crippen LogP contribution is 2.11. The van der Waals surface area contributed by atoms with Crippen molar-refractivity contribution >= 4 is 17.8 Å². The number of hydrogen-bond acceptors (Lipinski definition) is 4. The molecule has 2 N–H and O–H groups in total. The topological polar surface area (TPSA) is 88.0 Å². The lowest BCUT2D eigenvalue weighted by molar-refractivity contribution is 0.0526. The molecule has 0 heterocycles. The molecule has 0 radical (unpaired) electrons. The van der Waals surface area contributed by atoms with E-state index in [9.17, 15) is 9.59 Å². The van der Waals surface area contributed by atoms with E-state index in [2.05, 4.69) is 5.10 Å². The summed E-state index contributed by atoms with van der Waals surface area (Å²) in [7, 11) is 0. The van der Waals surface area contributed by atoms with E-state index in [0.717, 1.165) is 18.4 Å². The molecule has 1 rings (SSSR count). The van der Waals surface area contributed by atoms with E-state index in [1.807, 2.05) is 12.3 Å². The Morgan fingerprint density at radius 2 is 1.81 bits per heavy atom. The van der Waals surface area contributed by atoms with E-state index in [0.29, 0.717) is 24.3 Å². The summed E-state index contributed by atoms with van der Waals surface area (Å²) in [6, 6.07) is 6.78. The largest absolute Gasteiger partial charge is 0.464 e. The Labute approximate surface area is 123 Å². The zero-order valence-electron chi connectivity index (χ0n) is 12.3. The van der Waals surface area contributed by atoms with Crippen molar-refractivity contribution in [1.82, 2.24) is 5.43 Å². The highest BCUT2D eigenvalue weighted by Gasteiger charge is 2.09. The van der Waals surface area contributed by atoms with E-state index in [-0.39, 0.29) is 5.97 Å². The molecule has 21 heavy (non-hydrogen) atoms. The van der Waals surface area contributed by atoms with Crippen LogP contribution in [0.2, 0.25) is 0 Å². The normalized spacial score (nSPS) is 11.0. The zero-order chi connectivity index (χ0) is 15.7. The minimum atomic E-state index is -1.20. The summed E-state index contributed by atoms with van der Waals surface area (Å²) in [6.07, 6.45) is 1.34. The Morgan fingerprint density at radius 3 is 2.33 bits per heavy atom. The lowest BCUT2D eigenvalue weighted by Gasteiger charge is -2.07. The first-order chi connectivity index (χ1) is 10.1. The Balaban J connectivity index is 2.89. The minimum absolute atomic E-state index is 0.326. The van der Waals surface area contributed by atoms with Gasteiger partial charge in [-0.25, -0.2) is 15.0 Å². The fourth-order valence-corrected chi connectivity index (χ4v) is 1.74. The van der Waals surface area contributed by atoms with Crippen molar-refractivity contribution in [3.05, 3.63) is 35.4 Å². The van der Waals surface area contributed by atoms with Gasteiger partial charge in [0.25, 0.3) is 0 Å². The number of unbranched alkanes of at least 4 members (excludes halogenated alkanes) is 1. The van der Waals surface area contributed by atoms with E-state index in [1.54, 1.807) is 31.2 Å². The fourth-order valence-electron chi connectivity index (χ4n) is 1.74. The lowest BCUT2D eigenvalue weighted by Crippen LogP contribution is -2.17. The molecule has 0 saturated carbocycles. The second-order valence-electron chi connectivity index (χ2n) is 4.38. The van der Waals surface area contributed by atoms with E-state index >= 15 is 0 Å². The van der Waals surface area contributed by atoms with Crippen LogP contribution in [0.4, 0.5) is 4.79 Å². The van der Waals surface area contributed by atoms with Crippen molar-refractivity contribution in [2.45, 2.75) is 33.1 Å². The monoisotopic (exact) mass is 292 g/mol. The number of benzene rings is 1. The Kier molecular flexibility index (Phi) is 6.94. The van der Waals surface area contributed by atoms with Gasteiger partial charge < -0.3 is 9.84 Å². The first-order valence-electron chi connectivity index (χ1n) is 6.91. The number of hydrogen-bond donors (Lipinski definition) is 2. The van der Waals surface area contributed by atoms with Crippen LogP contribution in [0.15, 0.2) is 29.4 Å². The molecule has 1 aromatic carbocycles. The van der Waals surface area contributed by atoms with Crippen molar-refractivity contribution in [1.29, 1.82) is 0 Å². The summed E-state index contributed by atoms with van der Waals surface area (Å²) in [5.41, 5.74) is 3.91. The number of carbonyl (C=O) groups excluding carboxylic acids is 1. The van der Waals surface area contributed by atoms with Gasteiger partial charge in [0.15, 0.2) is 0 Å². The van der Waals surface area contributed by atoms with Crippen molar-refractivity contribution in [2.75, 3.05) is 6.61 Å². The summed E-state index contributed by atoms with van der Waals surface area (Å²) in [4.78, 5) is 22.1. The van der Waals surface area contributed by atoms with Crippen molar-refractivity contribution in [3.8, 4) is 0 Å². The summed E-state index contributed by atoms with van der Waals surface area (Å²) in [5.74, 6) is -0.375. The molecular weight excluding hydrogens is 272 g/mol. The number of nitrogens with zero attached hydrogens (tertiary/aromatic N) is 1. The number of esters is 1. The van der Waals surface area contributed by atoms with Gasteiger partial charge in [-0.2, -0.15) is 5.10 Å². The number of nitrogens with one attached hydrogen (secondary N) is 1. The Bertz CT molecular complexity index is 509. The Hall–Kier alpha value is -2.37. The van der Waals surface area contributed by atoms with Crippen LogP contribution in [0.1, 0.15) is 49.0 Å². The Morgan fingerprint density at radius 1 is 1.19 bits per heavy atom. The quantitative estimate of drug-likeness (QED) is 0.459. The van der Waals surface area contributed by atoms with Crippen LogP contribution in [0, 0.1) is 0 Å². The van der Waals surface area contributed by atoms with Crippen molar-refractivity contribution in [3.63, 3.8) is 0 Å². The van der Waals surface area contributed by atoms with Gasteiger partial charge in [0.05, 0.1) is 17.9 Å². The predicted molar refractivity (Wildman–Crippen MR) is 79.6 cm³/mol. The second-order valence-corrected chi connectivity index (χ2v) is 4.38. The molecule has 0 atom stereocenters. The molecule has 0 aliphatic rings. The van der Waals surface area contributed by atoms with Gasteiger partial charge in [0.2, 0.25) is 0 Å². The molecule has 0 aromatic heterocycles. The number of amides is 1. The van der Waals surface area contributed by atoms with Crippen LogP contribution in [0.5, 0.6) is 0 Å². The van der Waals surface area contributed by atoms with Gasteiger partial charge in [-0.05, 0) is 37.5 Å². The number of carboxylic acid groups (broad SMARTS) is 1. The first kappa shape index (κ1) is 16.7. The van der Waals surface area contributed by atoms with Gasteiger partial charge in [-0.1, -0.05) is 25.5 Å². The van der Waals surface area contributed by atoms with Crippen molar-refractivity contribution < 1.29 is 19.4 Å². The maximum absolute atomic E-state index is 11.6. The highest BCUT2D eigenvalue weighted by molar-refractivity contribution is 6.01. The molecule has 0 bridgehead atoms. The molecular formula is C15H20N2O4. The number of hydrazone groups is 1. The molecule has 6 heteroatoms. The maximum Gasteiger partial charge on any atom is 0.425 e. The van der Waals surface area contributed by atoms with Crippen LogP contribution in [0.25, 0.3) is 0 Å². The maximum atomic E-state index is 11.6. The van der Waals surface area contributed by atoms with Gasteiger partial charge >= 0.3 is 12.1 Å². The van der Waals surface area contributed by atoms with Crippen LogP contribution in [-0.2, 0) is 4.74 Å². The third kappa shape index (κ3) is 5.64. The standard InChI is InChI=1S/C15H20N2O4/c1-3-5-6-13(16-17-15(19)20)11-7-9-12(10-8-11)14(18)21-4-2/h7-10,17H,3-6H2,1-2H3,(H,19,20). The molecule has 1 amide bonds.